The highest BCUT2D eigenvalue weighted by Gasteiger charge is 2.27. The van der Waals surface area contributed by atoms with Gasteiger partial charge in [-0.25, -0.2) is 0 Å². The summed E-state index contributed by atoms with van der Waals surface area (Å²) in [6.45, 7) is 6.81. The van der Waals surface area contributed by atoms with Gasteiger partial charge < -0.3 is 28.5 Å². The third-order valence-corrected chi connectivity index (χ3v) is 14.6. The predicted octanol–water partition coefficient (Wildman–Crippen LogP) is 18.4. The van der Waals surface area contributed by atoms with E-state index in [-0.39, 0.29) is 24.9 Å². The first-order chi connectivity index (χ1) is 35.9. The normalized spacial score (nSPS) is 14.1. The Morgan fingerprint density at radius 3 is 1.27 bits per heavy atom. The highest BCUT2D eigenvalue weighted by Crippen LogP contribution is 2.38. The third kappa shape index (κ3) is 54.5. The fourth-order valence-corrected chi connectivity index (χ4v) is 9.54. The molecular weight excluding hydrogens is 940 g/mol. The summed E-state index contributed by atoms with van der Waals surface area (Å²) < 4.78 is 30.3. The van der Waals surface area contributed by atoms with Crippen molar-refractivity contribution >= 4 is 19.7 Å². The lowest BCUT2D eigenvalue weighted by atomic mass is 10.0. The Hall–Kier alpha value is -2.29. The molecule has 10 heteroatoms. The second-order valence-electron chi connectivity index (χ2n) is 22.2. The van der Waals surface area contributed by atoms with E-state index in [9.17, 15) is 19.0 Å². The van der Waals surface area contributed by atoms with Gasteiger partial charge in [-0.05, 0) is 96.0 Å². The number of hydrogen-bond acceptors (Lipinski definition) is 7. The lowest BCUT2D eigenvalue weighted by molar-refractivity contribution is -0.870. The molecule has 0 fully saturated rings. The molecule has 0 saturated carbocycles. The first-order valence-corrected chi connectivity index (χ1v) is 32.6. The maximum atomic E-state index is 13.5. The van der Waals surface area contributed by atoms with Crippen molar-refractivity contribution in [3.63, 3.8) is 0 Å². The molecule has 0 heterocycles. The molecule has 1 N–H and O–H groups in total. The van der Waals surface area contributed by atoms with Gasteiger partial charge in [0.25, 0.3) is 7.82 Å². The second kappa shape index (κ2) is 54.1. The quantitative estimate of drug-likeness (QED) is 0.0212. The van der Waals surface area contributed by atoms with Crippen LogP contribution >= 0.6 is 7.82 Å². The van der Waals surface area contributed by atoms with Gasteiger partial charge in [-0.2, -0.15) is 0 Å². The van der Waals surface area contributed by atoms with Gasteiger partial charge in [-0.3, -0.25) is 14.2 Å². The number of ether oxygens (including phenoxy) is 1. The summed E-state index contributed by atoms with van der Waals surface area (Å²) >= 11 is 0. The molecule has 0 rings (SSSR count). The summed E-state index contributed by atoms with van der Waals surface area (Å²) in [6.07, 6.45) is 67.5. The van der Waals surface area contributed by atoms with Crippen molar-refractivity contribution in [3.8, 4) is 0 Å². The van der Waals surface area contributed by atoms with E-state index in [0.29, 0.717) is 23.9 Å². The number of carbonyl (C=O) groups is 2. The minimum atomic E-state index is -4.70. The van der Waals surface area contributed by atoms with Crippen molar-refractivity contribution in [2.75, 3.05) is 40.9 Å². The van der Waals surface area contributed by atoms with E-state index in [0.717, 1.165) is 83.5 Å². The van der Waals surface area contributed by atoms with Gasteiger partial charge >= 0.3 is 5.97 Å². The first-order valence-electron chi connectivity index (χ1n) is 31.1. The molecule has 0 bridgehead atoms. The molecule has 74 heavy (non-hydrogen) atoms. The third-order valence-electron chi connectivity index (χ3n) is 13.7. The zero-order valence-corrected chi connectivity index (χ0v) is 50.2. The molecule has 3 unspecified atom stereocenters. The number of carbonyl (C=O) groups excluding carboxylic acids is 2. The van der Waals surface area contributed by atoms with Crippen LogP contribution in [0.5, 0.6) is 0 Å². The first kappa shape index (κ1) is 71.7. The number of allylic oxidation sites excluding steroid dienone is 9. The molecule has 3 atom stereocenters. The van der Waals surface area contributed by atoms with E-state index in [4.69, 9.17) is 13.8 Å². The van der Waals surface area contributed by atoms with Crippen molar-refractivity contribution in [1.82, 2.24) is 5.32 Å². The molecule has 1 amide bonds. The van der Waals surface area contributed by atoms with Crippen LogP contribution in [0.2, 0.25) is 0 Å². The minimum Gasteiger partial charge on any atom is -0.756 e. The summed E-state index contributed by atoms with van der Waals surface area (Å²) in [5.74, 6) is -0.564. The van der Waals surface area contributed by atoms with E-state index >= 15 is 0 Å². The zero-order chi connectivity index (χ0) is 54.3. The SMILES string of the molecule is CCCCC/C=C\C/C=C\C/C=C\CCCCCCC(=O)OC(/C=C/CCCCCCCCCCCC)C(COP(=O)([O-])OCC[N+](C)(C)C)NC(=O)CCCCCCCCCCC/C=C/CCCCCCCC. The average molecular weight is 1060 g/mol. The van der Waals surface area contributed by atoms with E-state index in [2.05, 4.69) is 74.7 Å². The number of nitrogens with one attached hydrogen (secondary N) is 1. The summed E-state index contributed by atoms with van der Waals surface area (Å²) in [6, 6.07) is -0.899. The van der Waals surface area contributed by atoms with Crippen LogP contribution in [0.1, 0.15) is 284 Å². The fourth-order valence-electron chi connectivity index (χ4n) is 8.82. The highest BCUT2D eigenvalue weighted by atomic mass is 31.2. The lowest BCUT2D eigenvalue weighted by Crippen LogP contribution is -2.47. The minimum absolute atomic E-state index is 0.0273. The number of amides is 1. The van der Waals surface area contributed by atoms with Crippen LogP contribution in [0.15, 0.2) is 60.8 Å². The summed E-state index contributed by atoms with van der Waals surface area (Å²) in [5.41, 5.74) is 0. The predicted molar refractivity (Wildman–Crippen MR) is 316 cm³/mol. The Bertz CT molecular complexity index is 1450. The molecule has 432 valence electrons. The summed E-state index contributed by atoms with van der Waals surface area (Å²) in [7, 11) is 1.17. The fraction of sp³-hybridized carbons (Fsp3) is 0.812. The average Bonchev–Trinajstić information content (AvgIpc) is 3.36. The van der Waals surface area contributed by atoms with Crippen molar-refractivity contribution in [2.24, 2.45) is 0 Å². The van der Waals surface area contributed by atoms with Gasteiger partial charge in [-0.1, -0.05) is 236 Å². The molecule has 9 nitrogen and oxygen atoms in total. The highest BCUT2D eigenvalue weighted by molar-refractivity contribution is 7.45. The Balaban J connectivity index is 5.29. The summed E-state index contributed by atoms with van der Waals surface area (Å²) in [4.78, 5) is 40.0. The van der Waals surface area contributed by atoms with Crippen LogP contribution < -0.4 is 10.2 Å². The molecule has 0 aromatic heterocycles. The van der Waals surface area contributed by atoms with Gasteiger partial charge in [0.05, 0.1) is 33.8 Å². The zero-order valence-electron chi connectivity index (χ0n) is 49.3. The topological polar surface area (TPSA) is 114 Å². The van der Waals surface area contributed by atoms with Gasteiger partial charge in [0.2, 0.25) is 5.91 Å². The number of rotatable bonds is 56. The Kier molecular flexibility index (Phi) is 52.4. The number of quaternary nitrogens is 1. The maximum Gasteiger partial charge on any atom is 0.306 e. The van der Waals surface area contributed by atoms with Gasteiger partial charge in [-0.15, -0.1) is 0 Å². The molecular formula is C64H119N2O7P. The molecule has 0 aliphatic rings. The van der Waals surface area contributed by atoms with E-state index in [1.807, 2.05) is 33.3 Å². The lowest BCUT2D eigenvalue weighted by Gasteiger charge is -2.30. The Morgan fingerprint density at radius 2 is 0.824 bits per heavy atom. The van der Waals surface area contributed by atoms with Crippen LogP contribution in [0, 0.1) is 0 Å². The van der Waals surface area contributed by atoms with Crippen molar-refractivity contribution in [1.29, 1.82) is 0 Å². The van der Waals surface area contributed by atoms with Crippen molar-refractivity contribution in [2.45, 2.75) is 296 Å². The molecule has 0 aromatic rings. The Labute approximate surface area is 458 Å². The van der Waals surface area contributed by atoms with E-state index in [1.54, 1.807) is 0 Å². The second-order valence-corrected chi connectivity index (χ2v) is 23.6. The number of likely N-dealkylation sites (N-methyl/N-ethyl adjacent to an activating group) is 1. The van der Waals surface area contributed by atoms with E-state index in [1.165, 1.54) is 161 Å². The number of nitrogens with zero attached hydrogens (tertiary/aromatic N) is 1. The Morgan fingerprint density at radius 1 is 0.473 bits per heavy atom. The van der Waals surface area contributed by atoms with Gasteiger partial charge in [0.15, 0.2) is 0 Å². The van der Waals surface area contributed by atoms with Gasteiger partial charge in [0, 0.05) is 12.8 Å². The van der Waals surface area contributed by atoms with Gasteiger partial charge in [0.1, 0.15) is 19.3 Å². The molecule has 0 radical (unpaired) electrons. The van der Waals surface area contributed by atoms with Crippen molar-refractivity contribution in [3.05, 3.63) is 60.8 Å². The number of phosphoric acid groups is 1. The maximum absolute atomic E-state index is 13.5. The van der Waals surface area contributed by atoms with Crippen LogP contribution in [-0.4, -0.2) is 69.4 Å². The number of phosphoric ester groups is 1. The molecule has 0 spiro atoms. The molecule has 0 saturated heterocycles. The number of hydrogen-bond donors (Lipinski definition) is 1. The monoisotopic (exact) mass is 1060 g/mol. The van der Waals surface area contributed by atoms with Crippen LogP contribution in [0.25, 0.3) is 0 Å². The largest absolute Gasteiger partial charge is 0.756 e. The molecule has 0 aliphatic carbocycles. The van der Waals surface area contributed by atoms with Crippen LogP contribution in [0.3, 0.4) is 0 Å². The number of unbranched alkanes of at least 4 members (excludes halogenated alkanes) is 32. The summed E-state index contributed by atoms with van der Waals surface area (Å²) in [5, 5.41) is 3.02. The van der Waals surface area contributed by atoms with Crippen molar-refractivity contribution < 1.29 is 37.3 Å². The smallest absolute Gasteiger partial charge is 0.306 e. The van der Waals surface area contributed by atoms with Crippen LogP contribution in [-0.2, 0) is 27.9 Å². The molecule has 0 aromatic carbocycles. The molecule has 0 aliphatic heterocycles. The van der Waals surface area contributed by atoms with E-state index < -0.39 is 26.6 Å². The van der Waals surface area contributed by atoms with Crippen LogP contribution in [0.4, 0.5) is 0 Å². The number of esters is 1. The standard InChI is InChI=1S/C64H119N2O7P/c1-7-10-13-16-19-22-25-28-30-32-33-35-36-38-41-44-47-50-53-56-63(67)65-61(60-72-74(69,70)71-59-58-66(4,5)6)62(55-52-49-46-43-40-27-24-21-18-15-12-9-3)73-64(68)57-54-51-48-45-42-39-37-34-31-29-26-23-20-17-14-11-8-2/h20,23,28-31,37,39,52,55,61-62H,7-19,21-22,24-27,32-36,38,40-51,53-54,56-60H2,1-6H3,(H-,65,67,69,70)/b23-20-,30-28+,31-29-,39-37-,55-52+.